The van der Waals surface area contributed by atoms with E-state index in [-0.39, 0.29) is 17.6 Å². The van der Waals surface area contributed by atoms with E-state index in [1.54, 1.807) is 28.9 Å². The second-order valence-electron chi connectivity index (χ2n) is 7.95. The van der Waals surface area contributed by atoms with E-state index < -0.39 is 0 Å². The van der Waals surface area contributed by atoms with Crippen molar-refractivity contribution in [2.45, 2.75) is 25.6 Å². The van der Waals surface area contributed by atoms with Crippen molar-refractivity contribution >= 4 is 0 Å². The molecule has 4 aromatic rings. The van der Waals surface area contributed by atoms with Crippen LogP contribution in [0.4, 0.5) is 4.39 Å². The van der Waals surface area contributed by atoms with Gasteiger partial charge in [-0.05, 0) is 58.0 Å². The van der Waals surface area contributed by atoms with Crippen molar-refractivity contribution in [1.82, 2.24) is 20.2 Å². The van der Waals surface area contributed by atoms with Crippen LogP contribution in [-0.2, 0) is 19.5 Å². The smallest absolute Gasteiger partial charge is 0.214 e. The van der Waals surface area contributed by atoms with Gasteiger partial charge in [0.15, 0.2) is 6.04 Å². The molecule has 1 aromatic heterocycles. The predicted molar refractivity (Wildman–Crippen MR) is 113 cm³/mol. The normalized spacial score (nSPS) is 16.6. The number of halogens is 1. The molecule has 2 N–H and O–H groups in total. The van der Waals surface area contributed by atoms with Gasteiger partial charge < -0.3 is 10.0 Å². The molecule has 1 unspecified atom stereocenters. The molecule has 6 nitrogen and oxygen atoms in total. The molecule has 156 valence electrons. The molecule has 5 rings (SSSR count). The van der Waals surface area contributed by atoms with E-state index in [2.05, 4.69) is 39.8 Å². The lowest BCUT2D eigenvalue weighted by molar-refractivity contribution is -0.941. The summed E-state index contributed by atoms with van der Waals surface area (Å²) in [5.74, 6) is 0.718. The third-order valence-corrected chi connectivity index (χ3v) is 5.95. The van der Waals surface area contributed by atoms with E-state index in [4.69, 9.17) is 0 Å². The van der Waals surface area contributed by atoms with Gasteiger partial charge in [-0.1, -0.05) is 36.4 Å². The molecule has 31 heavy (non-hydrogen) atoms. The number of aromatic hydroxyl groups is 1. The van der Waals surface area contributed by atoms with Crippen LogP contribution < -0.4 is 4.90 Å². The van der Waals surface area contributed by atoms with E-state index in [0.717, 1.165) is 36.5 Å². The highest BCUT2D eigenvalue weighted by Gasteiger charge is 2.34. The number of quaternary nitrogens is 1. The van der Waals surface area contributed by atoms with E-state index in [1.165, 1.54) is 28.2 Å². The molecule has 1 aliphatic heterocycles. The zero-order chi connectivity index (χ0) is 21.2. The summed E-state index contributed by atoms with van der Waals surface area (Å²) in [7, 11) is 0. The third kappa shape index (κ3) is 4.04. The van der Waals surface area contributed by atoms with Gasteiger partial charge in [0.05, 0.1) is 13.1 Å². The summed E-state index contributed by atoms with van der Waals surface area (Å²) in [6, 6.07) is 22.1. The molecule has 2 heterocycles. The number of hydrogen-bond acceptors (Lipinski definition) is 4. The van der Waals surface area contributed by atoms with Crippen molar-refractivity contribution in [2.24, 2.45) is 0 Å². The molecule has 0 saturated carbocycles. The van der Waals surface area contributed by atoms with Crippen molar-refractivity contribution < 1.29 is 14.4 Å². The zero-order valence-corrected chi connectivity index (χ0v) is 16.9. The van der Waals surface area contributed by atoms with Crippen LogP contribution >= 0.6 is 0 Å². The average Bonchev–Trinajstić information content (AvgIpc) is 3.24. The Kier molecular flexibility index (Phi) is 5.18. The standard InChI is InChI=1S/C24H22FN5O/c25-21-9-5-17(6-10-21)15-30-24(26-27-28-30)23(19-7-11-22(31)12-8-19)29-14-13-18-3-1-2-4-20(18)16-29/h1-12,23,31H,13-16H2/p+1/t23-/m1/s1. The second-order valence-corrected chi connectivity index (χ2v) is 7.95. The Labute approximate surface area is 179 Å². The Bertz CT molecular complexity index is 1170. The summed E-state index contributed by atoms with van der Waals surface area (Å²) in [6.07, 6.45) is 0.986. The van der Waals surface area contributed by atoms with Crippen molar-refractivity contribution in [3.05, 3.63) is 107 Å². The molecule has 0 spiro atoms. The number of rotatable bonds is 5. The molecule has 0 bridgehead atoms. The minimum atomic E-state index is -0.265. The molecule has 0 aliphatic carbocycles. The van der Waals surface area contributed by atoms with Gasteiger partial charge in [-0.2, -0.15) is 0 Å². The fraction of sp³-hybridized carbons (Fsp3) is 0.208. The van der Waals surface area contributed by atoms with Gasteiger partial charge in [-0.3, -0.25) is 0 Å². The third-order valence-electron chi connectivity index (χ3n) is 5.95. The molecular formula is C24H23FN5O+. The van der Waals surface area contributed by atoms with Gasteiger partial charge in [0, 0.05) is 17.5 Å². The quantitative estimate of drug-likeness (QED) is 0.524. The number of nitrogens with zero attached hydrogens (tertiary/aromatic N) is 4. The number of nitrogens with one attached hydrogen (secondary N) is 1. The Morgan fingerprint density at radius 2 is 1.71 bits per heavy atom. The molecule has 7 heteroatoms. The SMILES string of the molecule is Oc1ccc([C@H](c2nnnn2Cc2ccc(F)cc2)[NH+]2CCc3ccccc3C2)cc1. The molecule has 0 fully saturated rings. The Hall–Kier alpha value is -3.58. The predicted octanol–water partition coefficient (Wildman–Crippen LogP) is 2.30. The molecule has 3 aromatic carbocycles. The van der Waals surface area contributed by atoms with Gasteiger partial charge in [0.25, 0.3) is 0 Å². The molecule has 0 radical (unpaired) electrons. The highest BCUT2D eigenvalue weighted by atomic mass is 19.1. The minimum absolute atomic E-state index is 0.0931. The van der Waals surface area contributed by atoms with Crippen LogP contribution in [0.5, 0.6) is 5.75 Å². The number of benzene rings is 3. The maximum Gasteiger partial charge on any atom is 0.214 e. The van der Waals surface area contributed by atoms with E-state index in [1.807, 2.05) is 12.1 Å². The molecule has 0 amide bonds. The zero-order valence-electron chi connectivity index (χ0n) is 16.9. The monoisotopic (exact) mass is 416 g/mol. The first-order valence-corrected chi connectivity index (χ1v) is 10.4. The fourth-order valence-electron chi connectivity index (χ4n) is 4.38. The van der Waals surface area contributed by atoms with Crippen molar-refractivity contribution in [1.29, 1.82) is 0 Å². The van der Waals surface area contributed by atoms with Crippen molar-refractivity contribution in [3.63, 3.8) is 0 Å². The summed E-state index contributed by atoms with van der Waals surface area (Å²) in [6.45, 7) is 2.28. The van der Waals surface area contributed by atoms with Gasteiger partial charge in [0.2, 0.25) is 5.82 Å². The second kappa shape index (κ2) is 8.28. The van der Waals surface area contributed by atoms with E-state index >= 15 is 0 Å². The lowest BCUT2D eigenvalue weighted by Gasteiger charge is -2.32. The average molecular weight is 416 g/mol. The van der Waals surface area contributed by atoms with Crippen LogP contribution in [-0.4, -0.2) is 31.9 Å². The first-order valence-electron chi connectivity index (χ1n) is 10.4. The number of phenols is 1. The van der Waals surface area contributed by atoms with E-state index in [0.29, 0.717) is 6.54 Å². The van der Waals surface area contributed by atoms with Crippen LogP contribution in [0.15, 0.2) is 72.8 Å². The first-order chi connectivity index (χ1) is 15.2. The Morgan fingerprint density at radius 3 is 2.48 bits per heavy atom. The van der Waals surface area contributed by atoms with Crippen molar-refractivity contribution in [2.75, 3.05) is 6.54 Å². The number of hydrogen-bond donors (Lipinski definition) is 2. The molecular weight excluding hydrogens is 393 g/mol. The molecule has 2 atom stereocenters. The fourth-order valence-corrected chi connectivity index (χ4v) is 4.38. The maximum absolute atomic E-state index is 13.3. The van der Waals surface area contributed by atoms with Crippen LogP contribution in [0, 0.1) is 5.82 Å². The van der Waals surface area contributed by atoms with Crippen LogP contribution in [0.25, 0.3) is 0 Å². The summed E-state index contributed by atoms with van der Waals surface area (Å²) in [4.78, 5) is 1.35. The van der Waals surface area contributed by atoms with Gasteiger partial charge in [0.1, 0.15) is 18.1 Å². The molecule has 0 saturated heterocycles. The van der Waals surface area contributed by atoms with Crippen LogP contribution in [0.3, 0.4) is 0 Å². The van der Waals surface area contributed by atoms with E-state index in [9.17, 15) is 9.50 Å². The first kappa shape index (κ1) is 19.4. The largest absolute Gasteiger partial charge is 0.508 e. The Morgan fingerprint density at radius 1 is 0.968 bits per heavy atom. The van der Waals surface area contributed by atoms with Gasteiger partial charge >= 0.3 is 0 Å². The van der Waals surface area contributed by atoms with Crippen molar-refractivity contribution in [3.8, 4) is 5.75 Å². The summed E-state index contributed by atoms with van der Waals surface area (Å²) < 4.78 is 15.1. The highest BCUT2D eigenvalue weighted by molar-refractivity contribution is 5.31. The topological polar surface area (TPSA) is 68.3 Å². The Balaban J connectivity index is 1.52. The number of phenolic OH excluding ortho intramolecular Hbond substituents is 1. The highest BCUT2D eigenvalue weighted by Crippen LogP contribution is 2.22. The van der Waals surface area contributed by atoms with Gasteiger partial charge in [-0.15, -0.1) is 5.10 Å². The minimum Gasteiger partial charge on any atom is -0.508 e. The maximum atomic E-state index is 13.3. The van der Waals surface area contributed by atoms with Crippen LogP contribution in [0.1, 0.15) is 34.1 Å². The number of fused-ring (bicyclic) bond motifs is 1. The van der Waals surface area contributed by atoms with Gasteiger partial charge in [-0.25, -0.2) is 9.07 Å². The summed E-state index contributed by atoms with van der Waals surface area (Å²) in [5.41, 5.74) is 4.70. The lowest BCUT2D eigenvalue weighted by Crippen LogP contribution is -3.12. The summed E-state index contributed by atoms with van der Waals surface area (Å²) in [5, 5.41) is 22.4. The lowest BCUT2D eigenvalue weighted by atomic mass is 9.96. The van der Waals surface area contributed by atoms with Crippen LogP contribution in [0.2, 0.25) is 0 Å². The molecule has 1 aliphatic rings. The number of tetrazole rings is 1. The summed E-state index contributed by atoms with van der Waals surface area (Å²) >= 11 is 0. The number of aromatic nitrogens is 4.